The molecule has 1 aliphatic heterocycles. The van der Waals surface area contributed by atoms with Crippen LogP contribution in [0.25, 0.3) is 0 Å². The molecule has 1 aliphatic rings. The van der Waals surface area contributed by atoms with Crippen LogP contribution in [0.2, 0.25) is 5.02 Å². The van der Waals surface area contributed by atoms with Crippen LogP contribution in [-0.2, 0) is 25.8 Å². The fourth-order valence-electron chi connectivity index (χ4n) is 5.19. The van der Waals surface area contributed by atoms with Gasteiger partial charge in [-0.1, -0.05) is 70.0 Å². The lowest BCUT2D eigenvalue weighted by atomic mass is 9.85. The lowest BCUT2D eigenvalue weighted by Gasteiger charge is -2.30. The van der Waals surface area contributed by atoms with Gasteiger partial charge in [0, 0.05) is 41.1 Å². The monoisotopic (exact) mass is 739 g/mol. The van der Waals surface area contributed by atoms with E-state index in [-0.39, 0.29) is 29.6 Å². The number of halogens is 2. The zero-order valence-electron chi connectivity index (χ0n) is 25.4. The van der Waals surface area contributed by atoms with Crippen molar-refractivity contribution in [1.29, 1.82) is 0 Å². The van der Waals surface area contributed by atoms with Gasteiger partial charge in [-0.2, -0.15) is 0 Å². The first kappa shape index (κ1) is 34.6. The van der Waals surface area contributed by atoms with E-state index in [0.717, 1.165) is 10.0 Å². The first-order valence-corrected chi connectivity index (χ1v) is 17.9. The predicted octanol–water partition coefficient (Wildman–Crippen LogP) is 5.85. The Balaban J connectivity index is 1.48. The van der Waals surface area contributed by atoms with Crippen LogP contribution in [0, 0.1) is 0 Å². The number of hydrazine groups is 1. The summed E-state index contributed by atoms with van der Waals surface area (Å²) < 4.78 is 40.0. The van der Waals surface area contributed by atoms with Crippen LogP contribution in [0.1, 0.15) is 35.6 Å². The Bertz CT molecular complexity index is 1790. The van der Waals surface area contributed by atoms with Gasteiger partial charge < -0.3 is 14.6 Å². The summed E-state index contributed by atoms with van der Waals surface area (Å²) in [6.45, 7) is 0.783. The highest BCUT2D eigenvalue weighted by atomic mass is 79.9. The third kappa shape index (κ3) is 8.79. The van der Waals surface area contributed by atoms with Gasteiger partial charge in [-0.05, 0) is 78.2 Å². The lowest BCUT2D eigenvalue weighted by Crippen LogP contribution is -2.53. The van der Waals surface area contributed by atoms with E-state index in [4.69, 9.17) is 31.2 Å². The number of carbonyl (C=O) groups excluding carboxylic acids is 1. The summed E-state index contributed by atoms with van der Waals surface area (Å²) in [6.07, 6.45) is -0.00183. The molecular formula is C35H35BrClN3O6S. The molecule has 47 heavy (non-hydrogen) atoms. The summed E-state index contributed by atoms with van der Waals surface area (Å²) in [5, 5.41) is 9.68. The Morgan fingerprint density at radius 3 is 2.45 bits per heavy atom. The highest BCUT2D eigenvalue weighted by molar-refractivity contribution is 9.10. The Morgan fingerprint density at radius 1 is 1.00 bits per heavy atom. The minimum Gasteiger partial charge on any atom is -0.494 e. The number of aliphatic hydroxyl groups excluding tert-OH is 1. The number of amides is 1. The minimum absolute atomic E-state index is 0.0276. The molecule has 0 fully saturated rings. The van der Waals surface area contributed by atoms with Crippen molar-refractivity contribution in [3.05, 3.63) is 129 Å². The first-order chi connectivity index (χ1) is 22.7. The van der Waals surface area contributed by atoms with Crippen molar-refractivity contribution >= 4 is 49.2 Å². The van der Waals surface area contributed by atoms with E-state index in [0.29, 0.717) is 47.9 Å². The molecule has 4 aromatic carbocycles. The van der Waals surface area contributed by atoms with Gasteiger partial charge in [0.15, 0.2) is 21.5 Å². The maximum absolute atomic E-state index is 14.3. The molecule has 0 saturated heterocycles. The number of carbonyl (C=O) groups is 1. The number of hydrogen-bond acceptors (Lipinski definition) is 8. The molecule has 3 N–H and O–H groups in total. The highest BCUT2D eigenvalue weighted by Gasteiger charge is 2.53. The topological polar surface area (TPSA) is 126 Å². The average molecular weight is 741 g/mol. The fraction of sp³-hybridized carbons (Fsp3) is 0.257. The second-order valence-electron chi connectivity index (χ2n) is 11.0. The van der Waals surface area contributed by atoms with Crippen molar-refractivity contribution < 1.29 is 27.8 Å². The number of benzene rings is 4. The second kappa shape index (κ2) is 15.9. The molecule has 2 atom stereocenters. The fourth-order valence-corrected chi connectivity index (χ4v) is 7.06. The smallest absolute Gasteiger partial charge is 0.266 e. The van der Waals surface area contributed by atoms with Crippen molar-refractivity contribution in [2.75, 3.05) is 25.5 Å². The summed E-state index contributed by atoms with van der Waals surface area (Å²) >= 11 is 9.59. The molecule has 1 amide bonds. The van der Waals surface area contributed by atoms with Crippen molar-refractivity contribution in [2.45, 2.75) is 35.8 Å². The van der Waals surface area contributed by atoms with Crippen LogP contribution in [0.4, 0.5) is 0 Å². The maximum atomic E-state index is 14.3. The lowest BCUT2D eigenvalue weighted by molar-refractivity contribution is -0.130. The van der Waals surface area contributed by atoms with Crippen molar-refractivity contribution in [3.63, 3.8) is 0 Å². The second-order valence-corrected chi connectivity index (χ2v) is 14.4. The van der Waals surface area contributed by atoms with Crippen LogP contribution in [0.5, 0.6) is 5.75 Å². The Hall–Kier alpha value is -3.74. The van der Waals surface area contributed by atoms with Crippen molar-refractivity contribution in [2.24, 2.45) is 4.99 Å². The number of nitrogens with one attached hydrogen (secondary N) is 2. The molecule has 5 rings (SSSR count). The van der Waals surface area contributed by atoms with Gasteiger partial charge in [-0.25, -0.2) is 18.8 Å². The number of sulfone groups is 1. The number of aliphatic imine (C=N–C) groups is 1. The Labute approximate surface area is 288 Å². The van der Waals surface area contributed by atoms with E-state index >= 15 is 0 Å². The number of nitrogens with zero attached hydrogens (tertiary/aromatic N) is 1. The van der Waals surface area contributed by atoms with E-state index in [1.165, 1.54) is 12.1 Å². The largest absolute Gasteiger partial charge is 0.494 e. The SMILES string of the molecule is O=C(NNCCc1cccc(Cl)c1)[C@@]1(CCS(=O)(=O)c2ccccc2)N=C(c2ccc(OCCCO)cc2)O[C@H]1c1ccc(Br)cc1. The van der Waals surface area contributed by atoms with E-state index in [1.807, 2.05) is 42.5 Å². The van der Waals surface area contributed by atoms with Crippen molar-refractivity contribution in [1.82, 2.24) is 10.9 Å². The molecule has 0 unspecified atom stereocenters. The molecule has 246 valence electrons. The van der Waals surface area contributed by atoms with Gasteiger partial charge >= 0.3 is 0 Å². The summed E-state index contributed by atoms with van der Waals surface area (Å²) in [5.74, 6) is -0.0746. The average Bonchev–Trinajstić information content (AvgIpc) is 3.48. The molecule has 4 aromatic rings. The van der Waals surface area contributed by atoms with Gasteiger partial charge in [-0.15, -0.1) is 0 Å². The zero-order chi connectivity index (χ0) is 33.3. The van der Waals surface area contributed by atoms with Crippen molar-refractivity contribution in [3.8, 4) is 5.75 Å². The van der Waals surface area contributed by atoms with Crippen LogP contribution in [0.15, 0.2) is 117 Å². The molecule has 0 radical (unpaired) electrons. The maximum Gasteiger partial charge on any atom is 0.266 e. The summed E-state index contributed by atoms with van der Waals surface area (Å²) in [7, 11) is -3.78. The molecule has 0 aromatic heterocycles. The third-order valence-electron chi connectivity index (χ3n) is 7.69. The molecule has 12 heteroatoms. The number of aliphatic hydroxyl groups is 1. The zero-order valence-corrected chi connectivity index (χ0v) is 28.6. The number of ether oxygens (including phenoxy) is 2. The van der Waals surface area contributed by atoms with Gasteiger partial charge in [0.05, 0.1) is 17.3 Å². The molecule has 0 spiro atoms. The standard InChI is InChI=1S/C35H35BrClN3O6S/c36-28-14-10-26(11-15-28)32-35(19-23-47(43,44)31-8-2-1-3-9-31,34(42)40-38-20-18-25-6-4-7-29(37)24-25)39-33(46-32)27-12-16-30(17-13-27)45-22-5-21-41/h1-4,6-17,24,32,38,41H,5,18-23H2,(H,40,42)/t32-,35-/m0/s1. The highest BCUT2D eigenvalue weighted by Crippen LogP contribution is 2.43. The van der Waals surface area contributed by atoms with E-state index < -0.39 is 27.4 Å². The van der Waals surface area contributed by atoms with Gasteiger partial charge in [0.2, 0.25) is 5.90 Å². The Kier molecular flexibility index (Phi) is 11.7. The molecule has 0 bridgehead atoms. The normalized spacial score (nSPS) is 17.5. The van der Waals surface area contributed by atoms with Crippen LogP contribution in [0.3, 0.4) is 0 Å². The third-order valence-corrected chi connectivity index (χ3v) is 10.2. The number of rotatable bonds is 15. The van der Waals surface area contributed by atoms with Gasteiger partial charge in [0.1, 0.15) is 5.75 Å². The van der Waals surface area contributed by atoms with Crippen LogP contribution >= 0.6 is 27.5 Å². The molecular weight excluding hydrogens is 706 g/mol. The summed E-state index contributed by atoms with van der Waals surface area (Å²) in [5.41, 5.74) is 6.38. The minimum atomic E-state index is -3.78. The van der Waals surface area contributed by atoms with E-state index in [9.17, 15) is 13.2 Å². The van der Waals surface area contributed by atoms with E-state index in [1.54, 1.807) is 48.5 Å². The first-order valence-electron chi connectivity index (χ1n) is 15.1. The molecule has 1 heterocycles. The summed E-state index contributed by atoms with van der Waals surface area (Å²) in [6, 6.07) is 30.0. The van der Waals surface area contributed by atoms with Crippen LogP contribution in [-0.4, -0.2) is 56.4 Å². The molecule has 0 aliphatic carbocycles. The Morgan fingerprint density at radius 2 is 1.74 bits per heavy atom. The van der Waals surface area contributed by atoms with Crippen LogP contribution < -0.4 is 15.6 Å². The van der Waals surface area contributed by atoms with Gasteiger partial charge in [-0.3, -0.25) is 10.2 Å². The predicted molar refractivity (Wildman–Crippen MR) is 185 cm³/mol. The molecule has 0 saturated carbocycles. The summed E-state index contributed by atoms with van der Waals surface area (Å²) in [4.78, 5) is 19.3. The van der Waals surface area contributed by atoms with Gasteiger partial charge in [0.25, 0.3) is 5.91 Å². The van der Waals surface area contributed by atoms with E-state index in [2.05, 4.69) is 26.8 Å². The number of hydrogen-bond donors (Lipinski definition) is 3. The quantitative estimate of drug-likeness (QED) is 0.103. The molecule has 9 nitrogen and oxygen atoms in total.